The van der Waals surface area contributed by atoms with Crippen LogP contribution in [0.25, 0.3) is 22.3 Å². The molecule has 0 fully saturated rings. The van der Waals surface area contributed by atoms with Gasteiger partial charge >= 0.3 is 0 Å². The first-order valence-electron chi connectivity index (χ1n) is 31.3. The molecule has 2 aliphatic rings. The molecule has 0 atom stereocenters. The zero-order valence-corrected chi connectivity index (χ0v) is 49.7. The fourth-order valence-electron chi connectivity index (χ4n) is 13.4. The van der Waals surface area contributed by atoms with E-state index in [0.717, 1.165) is 0 Å². The molecule has 0 bridgehead atoms. The zero-order chi connectivity index (χ0) is 49.5. The highest BCUT2D eigenvalue weighted by Crippen LogP contribution is 2.61. The van der Waals surface area contributed by atoms with Gasteiger partial charge in [-0.05, 0) is 107 Å². The van der Waals surface area contributed by atoms with Crippen LogP contribution in [0.4, 0.5) is 0 Å². The van der Waals surface area contributed by atoms with Crippen molar-refractivity contribution in [1.82, 2.24) is 0 Å². The molecule has 0 spiro atoms. The van der Waals surface area contributed by atoms with Gasteiger partial charge in [0.2, 0.25) is 0 Å². The van der Waals surface area contributed by atoms with Crippen LogP contribution in [-0.2, 0) is 10.8 Å². The highest BCUT2D eigenvalue weighted by atomic mass is 79.9. The lowest BCUT2D eigenvalue weighted by Gasteiger charge is -2.35. The van der Waals surface area contributed by atoms with E-state index in [1.54, 1.807) is 44.5 Å². The Labute approximate surface area is 452 Å². The Morgan fingerprint density at radius 1 is 0.243 bits per heavy atom. The van der Waals surface area contributed by atoms with E-state index in [1.807, 2.05) is 0 Å². The molecule has 394 valence electrons. The smallest absolute Gasteiger partial charge is 0.0215 e. The second kappa shape index (κ2) is 35.0. The van der Waals surface area contributed by atoms with Crippen LogP contribution in [-0.4, -0.2) is 0 Å². The van der Waals surface area contributed by atoms with Gasteiger partial charge in [-0.2, -0.15) is 0 Å². The van der Waals surface area contributed by atoms with Gasteiger partial charge in [-0.15, -0.1) is 0 Å². The summed E-state index contributed by atoms with van der Waals surface area (Å²) < 4.78 is 2.52. The molecule has 0 N–H and O–H groups in total. The number of unbranched alkanes of at least 4 members (excludes halogenated alkanes) is 36. The van der Waals surface area contributed by atoms with E-state index in [-0.39, 0.29) is 10.8 Å². The monoisotopic (exact) mass is 1080 g/mol. The fourth-order valence-corrected chi connectivity index (χ4v) is 14.1. The number of hydrogen-bond donors (Lipinski definition) is 0. The summed E-state index contributed by atoms with van der Waals surface area (Å²) in [5.74, 6) is 0. The van der Waals surface area contributed by atoms with E-state index in [9.17, 15) is 0 Å². The first-order valence-corrected chi connectivity index (χ1v) is 32.8. The minimum absolute atomic E-state index is 0.0810. The maximum atomic E-state index is 4.05. The van der Waals surface area contributed by atoms with Crippen molar-refractivity contribution in [3.8, 4) is 22.3 Å². The number of halogens is 2. The van der Waals surface area contributed by atoms with Gasteiger partial charge in [0.15, 0.2) is 0 Å². The Morgan fingerprint density at radius 2 is 0.443 bits per heavy atom. The zero-order valence-electron chi connectivity index (χ0n) is 46.5. The molecule has 0 saturated heterocycles. The van der Waals surface area contributed by atoms with Crippen molar-refractivity contribution in [2.75, 3.05) is 0 Å². The Balaban J connectivity index is 1.43. The van der Waals surface area contributed by atoms with Gasteiger partial charge in [0.05, 0.1) is 0 Å². The average Bonchev–Trinajstić information content (AvgIpc) is 3.77. The number of benzene rings is 3. The second-order valence-corrected chi connectivity index (χ2v) is 25.0. The number of hydrogen-bond acceptors (Lipinski definition) is 0. The molecule has 0 aliphatic heterocycles. The Hall–Kier alpha value is -1.38. The minimum Gasteiger partial charge on any atom is -0.0654 e. The summed E-state index contributed by atoms with van der Waals surface area (Å²) in [5, 5.41) is 0. The molecule has 2 aliphatic carbocycles. The van der Waals surface area contributed by atoms with Crippen molar-refractivity contribution >= 4 is 31.9 Å². The standard InChI is InChI=1S/C68H108Br2/c1-5-9-13-17-21-25-29-33-37-41-49-67(50-42-38-34-30-26-22-18-14-10-6-2)63-53-57(69)45-47-59(63)61-56-66-62(55-65(61)67)60-48-46-58(70)54-64(60)68(66,51-43-39-35-31-27-23-19-15-11-7-3)52-44-40-36-32-28-24-20-16-12-8-4/h45-48,53-56H,5-44,49-52H2,1-4H3. The summed E-state index contributed by atoms with van der Waals surface area (Å²) in [7, 11) is 0. The van der Waals surface area contributed by atoms with Crippen molar-refractivity contribution in [2.45, 2.75) is 321 Å². The summed E-state index contributed by atoms with van der Waals surface area (Å²) in [4.78, 5) is 0. The summed E-state index contributed by atoms with van der Waals surface area (Å²) in [5.41, 5.74) is 13.0. The quantitative estimate of drug-likeness (QED) is 0.0495. The van der Waals surface area contributed by atoms with Crippen molar-refractivity contribution in [1.29, 1.82) is 0 Å². The van der Waals surface area contributed by atoms with E-state index in [0.29, 0.717) is 0 Å². The molecule has 3 aromatic carbocycles. The predicted octanol–water partition coefficient (Wildman–Crippen LogP) is 25.0. The van der Waals surface area contributed by atoms with Crippen molar-refractivity contribution in [2.24, 2.45) is 0 Å². The van der Waals surface area contributed by atoms with Crippen molar-refractivity contribution in [3.63, 3.8) is 0 Å². The number of fused-ring (bicyclic) bond motifs is 6. The molecule has 0 heterocycles. The Bertz CT molecular complexity index is 1650. The molecule has 0 radical (unpaired) electrons. The predicted molar refractivity (Wildman–Crippen MR) is 320 cm³/mol. The molecule has 0 saturated carbocycles. The van der Waals surface area contributed by atoms with Gasteiger partial charge in [0.25, 0.3) is 0 Å². The topological polar surface area (TPSA) is 0 Å². The van der Waals surface area contributed by atoms with Crippen LogP contribution in [0.3, 0.4) is 0 Å². The van der Waals surface area contributed by atoms with E-state index in [4.69, 9.17) is 0 Å². The highest BCUT2D eigenvalue weighted by Gasteiger charge is 2.48. The van der Waals surface area contributed by atoms with Crippen molar-refractivity contribution < 1.29 is 0 Å². The first-order chi connectivity index (χ1) is 34.5. The van der Waals surface area contributed by atoms with Gasteiger partial charge in [-0.1, -0.05) is 329 Å². The average molecular weight is 1090 g/mol. The van der Waals surface area contributed by atoms with Crippen LogP contribution in [0.5, 0.6) is 0 Å². The summed E-state index contributed by atoms with van der Waals surface area (Å²) in [6, 6.07) is 20.6. The van der Waals surface area contributed by atoms with Crippen LogP contribution in [0.1, 0.15) is 332 Å². The van der Waals surface area contributed by atoms with E-state index in [2.05, 4.69) is 108 Å². The molecule has 70 heavy (non-hydrogen) atoms. The Kier molecular flexibility index (Phi) is 29.7. The normalized spacial score (nSPS) is 14.0. The molecule has 3 aromatic rings. The molecular weight excluding hydrogens is 977 g/mol. The molecule has 0 unspecified atom stereocenters. The van der Waals surface area contributed by atoms with E-state index < -0.39 is 0 Å². The third-order valence-corrected chi connectivity index (χ3v) is 18.6. The van der Waals surface area contributed by atoms with Crippen LogP contribution >= 0.6 is 31.9 Å². The summed E-state index contributed by atoms with van der Waals surface area (Å²) >= 11 is 8.10. The van der Waals surface area contributed by atoms with E-state index in [1.165, 1.54) is 291 Å². The minimum atomic E-state index is 0.0810. The van der Waals surface area contributed by atoms with Crippen LogP contribution in [0.2, 0.25) is 0 Å². The molecule has 0 amide bonds. The van der Waals surface area contributed by atoms with Gasteiger partial charge in [-0.25, -0.2) is 0 Å². The lowest BCUT2D eigenvalue weighted by molar-refractivity contribution is 0.393. The third kappa shape index (κ3) is 18.5. The van der Waals surface area contributed by atoms with Crippen molar-refractivity contribution in [3.05, 3.63) is 79.7 Å². The first kappa shape index (κ1) is 59.5. The lowest BCUT2D eigenvalue weighted by Crippen LogP contribution is -2.27. The van der Waals surface area contributed by atoms with Crippen LogP contribution < -0.4 is 0 Å². The molecule has 2 heteroatoms. The SMILES string of the molecule is CCCCCCCCCCCCC1(CCCCCCCCCCCC)c2cc(Br)ccc2-c2cc3c(cc21)-c1ccc(Br)cc1C3(CCCCCCCCCCCC)CCCCCCCCCCCC. The molecule has 5 rings (SSSR count). The van der Waals surface area contributed by atoms with Crippen LogP contribution in [0.15, 0.2) is 57.5 Å². The fraction of sp³-hybridized carbons (Fsp3) is 0.735. The molecule has 0 aromatic heterocycles. The maximum Gasteiger partial charge on any atom is 0.0215 e. The van der Waals surface area contributed by atoms with Crippen LogP contribution in [0, 0.1) is 0 Å². The van der Waals surface area contributed by atoms with E-state index >= 15 is 0 Å². The Morgan fingerprint density at radius 3 is 0.671 bits per heavy atom. The van der Waals surface area contributed by atoms with Gasteiger partial charge in [-0.3, -0.25) is 0 Å². The third-order valence-electron chi connectivity index (χ3n) is 17.6. The largest absolute Gasteiger partial charge is 0.0654 e. The van der Waals surface area contributed by atoms with Gasteiger partial charge in [0.1, 0.15) is 0 Å². The summed E-state index contributed by atoms with van der Waals surface area (Å²) in [6.07, 6.45) is 61.1. The molecular formula is C68H108Br2. The highest BCUT2D eigenvalue weighted by molar-refractivity contribution is 9.10. The lowest BCUT2D eigenvalue weighted by atomic mass is 9.68. The number of rotatable bonds is 44. The second-order valence-electron chi connectivity index (χ2n) is 23.2. The molecule has 0 nitrogen and oxygen atoms in total. The van der Waals surface area contributed by atoms with Gasteiger partial charge < -0.3 is 0 Å². The summed E-state index contributed by atoms with van der Waals surface area (Å²) in [6.45, 7) is 9.34. The maximum absolute atomic E-state index is 4.05. The van der Waals surface area contributed by atoms with Gasteiger partial charge in [0, 0.05) is 19.8 Å².